The van der Waals surface area contributed by atoms with E-state index in [0.29, 0.717) is 35.2 Å². The van der Waals surface area contributed by atoms with Gasteiger partial charge < -0.3 is 16.0 Å². The van der Waals surface area contributed by atoms with Crippen LogP contribution in [0.5, 0.6) is 0 Å². The Morgan fingerprint density at radius 1 is 1.10 bits per heavy atom. The summed E-state index contributed by atoms with van der Waals surface area (Å²) in [7, 11) is 0. The van der Waals surface area contributed by atoms with Crippen molar-refractivity contribution in [3.63, 3.8) is 0 Å². The summed E-state index contributed by atoms with van der Waals surface area (Å²) < 4.78 is 0. The Morgan fingerprint density at radius 3 is 2.52 bits per heavy atom. The third kappa shape index (κ3) is 4.55. The van der Waals surface area contributed by atoms with Gasteiger partial charge in [0.25, 0.3) is 11.8 Å². The van der Waals surface area contributed by atoms with Crippen LogP contribution in [-0.2, 0) is 0 Å². The second kappa shape index (κ2) is 9.57. The molecule has 1 aliphatic carbocycles. The lowest BCUT2D eigenvalue weighted by Gasteiger charge is -2.21. The van der Waals surface area contributed by atoms with Crippen molar-refractivity contribution in [3.8, 4) is 0 Å². The van der Waals surface area contributed by atoms with E-state index >= 15 is 0 Å². The Hall–Kier alpha value is -2.15. The lowest BCUT2D eigenvalue weighted by molar-refractivity contribution is 0.0780. The number of nitrogens with one attached hydrogen (secondary N) is 1. The number of pyridine rings is 1. The van der Waals surface area contributed by atoms with Gasteiger partial charge in [-0.15, -0.1) is 24.8 Å². The standard InChI is InChI=1S/C21H24N4O2.2ClH/c1-13-3-2-4-16(19(13)24-20(26)14-7-9-23-10-8-14)21(27)25-11-15-5-6-18(22)17(15)12-25;;/h2-4,7-10,15,17-18H,5-6,11-12,22H2,1H3,(H,24,26);2*1H. The first-order valence-corrected chi connectivity index (χ1v) is 9.40. The van der Waals surface area contributed by atoms with Gasteiger partial charge in [-0.25, -0.2) is 0 Å². The zero-order chi connectivity index (χ0) is 19.0. The lowest BCUT2D eigenvalue weighted by atomic mass is 9.98. The van der Waals surface area contributed by atoms with E-state index in [1.165, 1.54) is 0 Å². The number of hydrogen-bond acceptors (Lipinski definition) is 4. The summed E-state index contributed by atoms with van der Waals surface area (Å²) in [6, 6.07) is 9.03. The molecule has 1 aromatic heterocycles. The van der Waals surface area contributed by atoms with E-state index in [9.17, 15) is 9.59 Å². The topological polar surface area (TPSA) is 88.3 Å². The van der Waals surface area contributed by atoms with Crippen molar-refractivity contribution < 1.29 is 9.59 Å². The van der Waals surface area contributed by atoms with Crippen molar-refractivity contribution in [1.29, 1.82) is 0 Å². The molecule has 1 aliphatic heterocycles. The summed E-state index contributed by atoms with van der Waals surface area (Å²) in [5, 5.41) is 2.92. The summed E-state index contributed by atoms with van der Waals surface area (Å²) in [6.45, 7) is 3.35. The van der Waals surface area contributed by atoms with Crippen molar-refractivity contribution in [3.05, 3.63) is 59.4 Å². The molecule has 0 bridgehead atoms. The molecule has 2 amide bonds. The lowest BCUT2D eigenvalue weighted by Crippen LogP contribution is -2.34. The number of anilines is 1. The van der Waals surface area contributed by atoms with Gasteiger partial charge in [-0.3, -0.25) is 14.6 Å². The van der Waals surface area contributed by atoms with E-state index in [1.54, 1.807) is 30.6 Å². The number of amides is 2. The number of carbonyl (C=O) groups excluding carboxylic acids is 2. The molecule has 2 heterocycles. The van der Waals surface area contributed by atoms with E-state index in [0.717, 1.165) is 24.9 Å². The number of carbonyl (C=O) groups is 2. The minimum Gasteiger partial charge on any atom is -0.338 e. The Balaban J connectivity index is 0.00000150. The van der Waals surface area contributed by atoms with Gasteiger partial charge in [0, 0.05) is 37.1 Å². The van der Waals surface area contributed by atoms with Gasteiger partial charge in [-0.1, -0.05) is 12.1 Å². The molecule has 156 valence electrons. The minimum absolute atomic E-state index is 0. The van der Waals surface area contributed by atoms with Gasteiger partial charge in [-0.2, -0.15) is 0 Å². The van der Waals surface area contributed by atoms with Crippen LogP contribution in [0, 0.1) is 18.8 Å². The maximum Gasteiger partial charge on any atom is 0.255 e. The number of benzene rings is 1. The van der Waals surface area contributed by atoms with Crippen LogP contribution in [0.25, 0.3) is 0 Å². The molecule has 1 saturated heterocycles. The van der Waals surface area contributed by atoms with Gasteiger partial charge in [0.05, 0.1) is 11.3 Å². The summed E-state index contributed by atoms with van der Waals surface area (Å²) in [4.78, 5) is 31.6. The van der Waals surface area contributed by atoms with Gasteiger partial charge in [0.15, 0.2) is 0 Å². The number of hydrogen-bond donors (Lipinski definition) is 2. The molecule has 1 aromatic carbocycles. The predicted octanol–water partition coefficient (Wildman–Crippen LogP) is 3.30. The van der Waals surface area contributed by atoms with Crippen LogP contribution in [0.4, 0.5) is 5.69 Å². The highest BCUT2D eigenvalue weighted by Gasteiger charge is 2.42. The van der Waals surface area contributed by atoms with E-state index in [1.807, 2.05) is 24.0 Å². The zero-order valence-corrected chi connectivity index (χ0v) is 17.8. The monoisotopic (exact) mass is 436 g/mol. The van der Waals surface area contributed by atoms with Crippen molar-refractivity contribution in [2.45, 2.75) is 25.8 Å². The Bertz CT molecular complexity index is 878. The predicted molar refractivity (Wildman–Crippen MR) is 118 cm³/mol. The summed E-state index contributed by atoms with van der Waals surface area (Å²) >= 11 is 0. The minimum atomic E-state index is -0.249. The van der Waals surface area contributed by atoms with E-state index in [2.05, 4.69) is 10.3 Å². The van der Waals surface area contributed by atoms with Crippen LogP contribution in [0.1, 0.15) is 39.1 Å². The zero-order valence-electron chi connectivity index (χ0n) is 16.2. The maximum absolute atomic E-state index is 13.2. The Morgan fingerprint density at radius 2 is 1.83 bits per heavy atom. The molecule has 4 rings (SSSR count). The SMILES string of the molecule is Cc1cccc(C(=O)N2CC3CCC(N)C3C2)c1NC(=O)c1ccncc1.Cl.Cl. The largest absolute Gasteiger partial charge is 0.338 e. The molecule has 3 N–H and O–H groups in total. The van der Waals surface area contributed by atoms with Crippen molar-refractivity contribution in [1.82, 2.24) is 9.88 Å². The van der Waals surface area contributed by atoms with Crippen LogP contribution in [0.3, 0.4) is 0 Å². The number of aromatic nitrogens is 1. The molecule has 3 atom stereocenters. The number of halogens is 2. The van der Waals surface area contributed by atoms with E-state index < -0.39 is 0 Å². The fourth-order valence-corrected chi connectivity index (χ4v) is 4.34. The number of fused-ring (bicyclic) bond motifs is 1. The molecule has 2 aromatic rings. The highest BCUT2D eigenvalue weighted by atomic mass is 35.5. The van der Waals surface area contributed by atoms with Gasteiger partial charge in [0.2, 0.25) is 0 Å². The number of para-hydroxylation sites is 1. The first-order valence-electron chi connectivity index (χ1n) is 9.40. The molecule has 8 heteroatoms. The molecule has 0 radical (unpaired) electrons. The van der Waals surface area contributed by atoms with Crippen molar-refractivity contribution in [2.75, 3.05) is 18.4 Å². The molecule has 2 aliphatic rings. The highest BCUT2D eigenvalue weighted by Crippen LogP contribution is 2.38. The Labute approximate surface area is 183 Å². The van der Waals surface area contributed by atoms with Crippen LogP contribution in [-0.4, -0.2) is 40.8 Å². The number of likely N-dealkylation sites (tertiary alicyclic amines) is 1. The van der Waals surface area contributed by atoms with E-state index in [-0.39, 0.29) is 42.7 Å². The maximum atomic E-state index is 13.2. The third-order valence-corrected chi connectivity index (χ3v) is 5.88. The molecule has 29 heavy (non-hydrogen) atoms. The summed E-state index contributed by atoms with van der Waals surface area (Å²) in [5.41, 5.74) is 8.68. The second-order valence-corrected chi connectivity index (χ2v) is 7.56. The average molecular weight is 437 g/mol. The second-order valence-electron chi connectivity index (χ2n) is 7.56. The first kappa shape index (κ1) is 23.1. The van der Waals surface area contributed by atoms with Crippen LogP contribution < -0.4 is 11.1 Å². The molecule has 0 spiro atoms. The van der Waals surface area contributed by atoms with Crippen molar-refractivity contribution in [2.24, 2.45) is 17.6 Å². The number of nitrogens with two attached hydrogens (primary N) is 1. The first-order chi connectivity index (χ1) is 13.0. The van der Waals surface area contributed by atoms with Crippen LogP contribution >= 0.6 is 24.8 Å². The van der Waals surface area contributed by atoms with Crippen molar-refractivity contribution >= 4 is 42.3 Å². The normalized spacial score (nSPS) is 22.3. The summed E-state index contributed by atoms with van der Waals surface area (Å²) in [5.74, 6) is 0.614. The fourth-order valence-electron chi connectivity index (χ4n) is 4.34. The average Bonchev–Trinajstić information content (AvgIpc) is 3.26. The number of rotatable bonds is 3. The van der Waals surface area contributed by atoms with Crippen LogP contribution in [0.15, 0.2) is 42.7 Å². The Kier molecular flexibility index (Phi) is 7.63. The van der Waals surface area contributed by atoms with Gasteiger partial charge >= 0.3 is 0 Å². The molecular weight excluding hydrogens is 411 g/mol. The number of aryl methyl sites for hydroxylation is 1. The summed E-state index contributed by atoms with van der Waals surface area (Å²) in [6.07, 6.45) is 5.29. The molecular formula is C21H26Cl2N4O2. The highest BCUT2D eigenvalue weighted by molar-refractivity contribution is 6.09. The smallest absolute Gasteiger partial charge is 0.255 e. The van der Waals surface area contributed by atoms with Gasteiger partial charge in [-0.05, 0) is 55.4 Å². The molecule has 2 fully saturated rings. The fraction of sp³-hybridized carbons (Fsp3) is 0.381. The van der Waals surface area contributed by atoms with Gasteiger partial charge in [0.1, 0.15) is 0 Å². The molecule has 3 unspecified atom stereocenters. The third-order valence-electron chi connectivity index (χ3n) is 5.88. The quantitative estimate of drug-likeness (QED) is 0.772. The van der Waals surface area contributed by atoms with E-state index in [4.69, 9.17) is 5.73 Å². The number of nitrogens with zero attached hydrogens (tertiary/aromatic N) is 2. The van der Waals surface area contributed by atoms with Crippen LogP contribution in [0.2, 0.25) is 0 Å². The molecule has 6 nitrogen and oxygen atoms in total. The molecule has 1 saturated carbocycles.